The predicted octanol–water partition coefficient (Wildman–Crippen LogP) is 4.60. The molecule has 0 aliphatic carbocycles. The molecular weight excluding hydrogens is 345 g/mol. The predicted molar refractivity (Wildman–Crippen MR) is 97.4 cm³/mol. The molecule has 0 saturated carbocycles. The van der Waals surface area contributed by atoms with E-state index in [1.54, 1.807) is 18.2 Å². The van der Waals surface area contributed by atoms with Crippen molar-refractivity contribution in [2.24, 2.45) is 0 Å². The molecule has 0 aliphatic rings. The van der Waals surface area contributed by atoms with Gasteiger partial charge in [-0.2, -0.15) is 0 Å². The number of benzene rings is 2. The first-order valence-electron chi connectivity index (χ1n) is 7.38. The lowest BCUT2D eigenvalue weighted by molar-refractivity contribution is 0.191. The topological polar surface area (TPSA) is 58.0 Å². The second-order valence-corrected chi connectivity index (χ2v) is 6.04. The van der Waals surface area contributed by atoms with Crippen molar-refractivity contribution in [2.75, 3.05) is 11.9 Å². The Labute approximate surface area is 150 Å². The zero-order valence-corrected chi connectivity index (χ0v) is 14.2. The number of aromatic nitrogens is 2. The minimum atomic E-state index is -0.616. The molecule has 4 nitrogen and oxygen atoms in total. The largest absolute Gasteiger partial charge is 0.387 e. The van der Waals surface area contributed by atoms with Crippen LogP contribution in [0.25, 0.3) is 11.3 Å². The van der Waals surface area contributed by atoms with Gasteiger partial charge in [-0.25, -0.2) is 9.97 Å². The van der Waals surface area contributed by atoms with E-state index in [1.807, 2.05) is 36.4 Å². The van der Waals surface area contributed by atoms with Crippen LogP contribution in [0, 0.1) is 0 Å². The van der Waals surface area contributed by atoms with Gasteiger partial charge in [0.2, 0.25) is 0 Å². The fourth-order valence-electron chi connectivity index (χ4n) is 2.26. The summed E-state index contributed by atoms with van der Waals surface area (Å²) in [5.74, 6) is 0.626. The van der Waals surface area contributed by atoms with Crippen molar-refractivity contribution in [1.82, 2.24) is 9.97 Å². The van der Waals surface area contributed by atoms with Crippen LogP contribution in [-0.4, -0.2) is 21.6 Å². The summed E-state index contributed by atoms with van der Waals surface area (Å²) in [6.07, 6.45) is 0.851. The Morgan fingerprint density at radius 1 is 0.958 bits per heavy atom. The van der Waals surface area contributed by atoms with Crippen molar-refractivity contribution in [3.63, 3.8) is 0 Å². The minimum Gasteiger partial charge on any atom is -0.387 e. The fraction of sp³-hybridized carbons (Fsp3) is 0.111. The van der Waals surface area contributed by atoms with Crippen LogP contribution in [0.15, 0.2) is 60.9 Å². The van der Waals surface area contributed by atoms with E-state index in [0.717, 1.165) is 16.8 Å². The van der Waals surface area contributed by atoms with Crippen molar-refractivity contribution in [3.8, 4) is 11.3 Å². The van der Waals surface area contributed by atoms with Gasteiger partial charge in [-0.05, 0) is 17.7 Å². The Kier molecular flexibility index (Phi) is 5.30. The lowest BCUT2D eigenvalue weighted by atomic mass is 10.1. The quantitative estimate of drug-likeness (QED) is 0.698. The second kappa shape index (κ2) is 7.62. The first-order chi connectivity index (χ1) is 11.6. The number of anilines is 1. The van der Waals surface area contributed by atoms with Crippen LogP contribution in [0.5, 0.6) is 0 Å². The van der Waals surface area contributed by atoms with Gasteiger partial charge in [0.1, 0.15) is 12.1 Å². The van der Waals surface area contributed by atoms with Gasteiger partial charge in [0.05, 0.1) is 21.8 Å². The van der Waals surface area contributed by atoms with Crippen LogP contribution in [0.4, 0.5) is 5.82 Å². The Bertz CT molecular complexity index is 828. The molecule has 0 amide bonds. The summed E-state index contributed by atoms with van der Waals surface area (Å²) in [4.78, 5) is 8.43. The second-order valence-electron chi connectivity index (χ2n) is 5.22. The van der Waals surface area contributed by atoms with Gasteiger partial charge in [-0.1, -0.05) is 59.6 Å². The van der Waals surface area contributed by atoms with Crippen molar-refractivity contribution >= 4 is 29.0 Å². The third-order valence-corrected chi connectivity index (χ3v) is 4.28. The van der Waals surface area contributed by atoms with Crippen LogP contribution in [0.2, 0.25) is 10.0 Å². The summed E-state index contributed by atoms with van der Waals surface area (Å²) in [6, 6.07) is 16.6. The molecule has 3 rings (SSSR count). The van der Waals surface area contributed by atoms with Gasteiger partial charge in [0, 0.05) is 18.2 Å². The van der Waals surface area contributed by atoms with Gasteiger partial charge >= 0.3 is 0 Å². The van der Waals surface area contributed by atoms with E-state index in [1.165, 1.54) is 6.33 Å². The highest BCUT2D eigenvalue weighted by Gasteiger charge is 2.08. The molecule has 2 N–H and O–H groups in total. The molecule has 1 heterocycles. The molecule has 3 aromatic rings. The average molecular weight is 360 g/mol. The zero-order valence-electron chi connectivity index (χ0n) is 12.7. The molecule has 1 unspecified atom stereocenters. The van der Waals surface area contributed by atoms with E-state index in [9.17, 15) is 5.11 Å². The summed E-state index contributed by atoms with van der Waals surface area (Å²) < 4.78 is 0. The van der Waals surface area contributed by atoms with Crippen molar-refractivity contribution < 1.29 is 5.11 Å². The number of hydrogen-bond donors (Lipinski definition) is 2. The van der Waals surface area contributed by atoms with Crippen LogP contribution in [0.1, 0.15) is 11.7 Å². The molecule has 0 bridgehead atoms. The highest BCUT2D eigenvalue weighted by molar-refractivity contribution is 6.42. The monoisotopic (exact) mass is 359 g/mol. The molecule has 2 aromatic carbocycles. The van der Waals surface area contributed by atoms with Crippen LogP contribution in [-0.2, 0) is 0 Å². The van der Waals surface area contributed by atoms with Gasteiger partial charge < -0.3 is 10.4 Å². The number of nitrogens with zero attached hydrogens (tertiary/aromatic N) is 2. The summed E-state index contributed by atoms with van der Waals surface area (Å²) in [5.41, 5.74) is 2.42. The molecule has 0 spiro atoms. The Morgan fingerprint density at radius 2 is 1.75 bits per heavy atom. The van der Waals surface area contributed by atoms with Crippen LogP contribution < -0.4 is 5.32 Å². The molecule has 1 atom stereocenters. The number of hydrogen-bond acceptors (Lipinski definition) is 4. The van der Waals surface area contributed by atoms with Gasteiger partial charge in [0.15, 0.2) is 0 Å². The highest BCUT2D eigenvalue weighted by Crippen LogP contribution is 2.28. The fourth-order valence-corrected chi connectivity index (χ4v) is 2.56. The normalized spacial score (nSPS) is 12.0. The Balaban J connectivity index is 1.72. The standard InChI is InChI=1S/C18H15Cl2N3O/c19-14-7-6-13(8-15(14)20)16-9-18(23-11-22-16)21-10-17(24)12-4-2-1-3-5-12/h1-9,11,17,24H,10H2,(H,21,22,23). The third-order valence-electron chi connectivity index (χ3n) is 3.54. The Hall–Kier alpha value is -2.14. The van der Waals surface area contributed by atoms with E-state index < -0.39 is 6.10 Å². The molecule has 0 radical (unpaired) electrons. The number of rotatable bonds is 5. The SMILES string of the molecule is OC(CNc1cc(-c2ccc(Cl)c(Cl)c2)ncn1)c1ccccc1. The molecule has 24 heavy (non-hydrogen) atoms. The lowest BCUT2D eigenvalue weighted by Crippen LogP contribution is -2.13. The molecule has 1 aromatic heterocycles. The summed E-state index contributed by atoms with van der Waals surface area (Å²) in [5, 5.41) is 14.3. The third kappa shape index (κ3) is 4.03. The molecule has 0 saturated heterocycles. The number of aliphatic hydroxyl groups is 1. The number of aliphatic hydroxyl groups excluding tert-OH is 1. The maximum Gasteiger partial charge on any atom is 0.130 e. The van der Waals surface area contributed by atoms with E-state index >= 15 is 0 Å². The summed E-state index contributed by atoms with van der Waals surface area (Å²) in [7, 11) is 0. The molecule has 122 valence electrons. The van der Waals surface area contributed by atoms with Gasteiger partial charge in [-0.15, -0.1) is 0 Å². The smallest absolute Gasteiger partial charge is 0.130 e. The molecule has 0 aliphatic heterocycles. The summed E-state index contributed by atoms with van der Waals surface area (Å²) in [6.45, 7) is 0.349. The lowest BCUT2D eigenvalue weighted by Gasteiger charge is -2.13. The van der Waals surface area contributed by atoms with Crippen molar-refractivity contribution in [3.05, 3.63) is 76.5 Å². The maximum absolute atomic E-state index is 10.2. The van der Waals surface area contributed by atoms with E-state index in [-0.39, 0.29) is 0 Å². The molecule has 6 heteroatoms. The van der Waals surface area contributed by atoms with Crippen molar-refractivity contribution in [2.45, 2.75) is 6.10 Å². The van der Waals surface area contributed by atoms with E-state index in [2.05, 4.69) is 15.3 Å². The number of nitrogens with one attached hydrogen (secondary N) is 1. The average Bonchev–Trinajstić information content (AvgIpc) is 2.63. The van der Waals surface area contributed by atoms with Gasteiger partial charge in [0.25, 0.3) is 0 Å². The van der Waals surface area contributed by atoms with E-state index in [4.69, 9.17) is 23.2 Å². The first kappa shape index (κ1) is 16.7. The minimum absolute atomic E-state index is 0.349. The highest BCUT2D eigenvalue weighted by atomic mass is 35.5. The van der Waals surface area contributed by atoms with Gasteiger partial charge in [-0.3, -0.25) is 0 Å². The van der Waals surface area contributed by atoms with E-state index in [0.29, 0.717) is 22.4 Å². The summed E-state index contributed by atoms with van der Waals surface area (Å²) >= 11 is 12.0. The first-order valence-corrected chi connectivity index (χ1v) is 8.13. The maximum atomic E-state index is 10.2. The number of halogens is 2. The molecular formula is C18H15Cl2N3O. The van der Waals surface area contributed by atoms with Crippen molar-refractivity contribution in [1.29, 1.82) is 0 Å². The van der Waals surface area contributed by atoms with Crippen LogP contribution >= 0.6 is 23.2 Å². The zero-order chi connectivity index (χ0) is 16.9. The van der Waals surface area contributed by atoms with Crippen LogP contribution in [0.3, 0.4) is 0 Å². The Morgan fingerprint density at radius 3 is 2.50 bits per heavy atom. The molecule has 0 fully saturated rings.